The molecule has 0 amide bonds. The van der Waals surface area contributed by atoms with E-state index in [1.165, 1.54) is 17.9 Å². The second kappa shape index (κ2) is 7.05. The molecule has 1 aliphatic rings. The average Bonchev–Trinajstić information content (AvgIpc) is 2.62. The van der Waals surface area contributed by atoms with Gasteiger partial charge < -0.3 is 15.3 Å². The summed E-state index contributed by atoms with van der Waals surface area (Å²) in [6.07, 6.45) is 5.93. The number of nitrogens with one attached hydrogen (secondary N) is 1. The fraction of sp³-hybridized carbons (Fsp3) is 0.167. The van der Waals surface area contributed by atoms with Crippen molar-refractivity contribution >= 4 is 28.8 Å². The zero-order valence-electron chi connectivity index (χ0n) is 14.2. The van der Waals surface area contributed by atoms with Gasteiger partial charge in [0.05, 0.1) is 17.4 Å². The quantitative estimate of drug-likeness (QED) is 0.858. The van der Waals surface area contributed by atoms with Crippen molar-refractivity contribution in [3.8, 4) is 0 Å². The Morgan fingerprint density at radius 1 is 1.23 bits per heavy atom. The molecule has 26 heavy (non-hydrogen) atoms. The van der Waals surface area contributed by atoms with E-state index in [-0.39, 0.29) is 16.1 Å². The summed E-state index contributed by atoms with van der Waals surface area (Å²) in [5.74, 6) is -0.957. The fourth-order valence-corrected chi connectivity index (χ4v) is 2.89. The van der Waals surface area contributed by atoms with Crippen molar-refractivity contribution in [2.45, 2.75) is 6.42 Å². The second-order valence-corrected chi connectivity index (χ2v) is 6.34. The minimum Gasteiger partial charge on any atom is -0.478 e. The van der Waals surface area contributed by atoms with Gasteiger partial charge in [-0.2, -0.15) is 5.10 Å². The van der Waals surface area contributed by atoms with Crippen molar-refractivity contribution in [3.63, 3.8) is 0 Å². The van der Waals surface area contributed by atoms with Crippen LogP contribution in [0.3, 0.4) is 0 Å². The number of halogens is 1. The number of hydrogen-bond acceptors (Lipinski definition) is 5. The van der Waals surface area contributed by atoms with Gasteiger partial charge in [-0.3, -0.25) is 4.79 Å². The van der Waals surface area contributed by atoms with Gasteiger partial charge in [-0.05, 0) is 23.3 Å². The first-order valence-electron chi connectivity index (χ1n) is 7.81. The molecule has 2 N–H and O–H groups in total. The zero-order chi connectivity index (χ0) is 18.8. The number of aromatic nitrogens is 2. The topological polar surface area (TPSA) is 87.5 Å². The van der Waals surface area contributed by atoms with Gasteiger partial charge in [0.15, 0.2) is 0 Å². The maximum absolute atomic E-state index is 11.9. The van der Waals surface area contributed by atoms with Gasteiger partial charge in [0, 0.05) is 38.6 Å². The Balaban J connectivity index is 1.83. The van der Waals surface area contributed by atoms with E-state index in [4.69, 9.17) is 16.7 Å². The standard InChI is InChI=1S/C18H17ClN4O3/c1-22-9-13(11-3-5-12(6-4-11)18(25)26)7-14(10-22)21-15-8-20-23(2)17(24)16(15)19/h3-6,8-10,21H,7H2,1-2H3,(H,25,26). The van der Waals surface area contributed by atoms with E-state index in [0.29, 0.717) is 12.1 Å². The summed E-state index contributed by atoms with van der Waals surface area (Å²) in [5, 5.41) is 16.2. The fourth-order valence-electron chi connectivity index (χ4n) is 2.68. The number of aromatic carboxylic acids is 1. The third-order valence-corrected chi connectivity index (χ3v) is 4.34. The molecule has 0 bridgehead atoms. The molecule has 7 nitrogen and oxygen atoms in total. The Morgan fingerprint density at radius 3 is 2.58 bits per heavy atom. The molecule has 0 saturated heterocycles. The molecule has 0 spiro atoms. The molecule has 0 unspecified atom stereocenters. The number of aryl methyl sites for hydroxylation is 1. The summed E-state index contributed by atoms with van der Waals surface area (Å²) >= 11 is 6.11. The summed E-state index contributed by atoms with van der Waals surface area (Å²) in [5.41, 5.74) is 3.07. The average molecular weight is 373 g/mol. The van der Waals surface area contributed by atoms with E-state index in [1.54, 1.807) is 24.3 Å². The number of anilines is 1. The van der Waals surface area contributed by atoms with Crippen LogP contribution in [-0.2, 0) is 7.05 Å². The molecule has 1 aromatic heterocycles. The lowest BCUT2D eigenvalue weighted by Gasteiger charge is -2.23. The lowest BCUT2D eigenvalue weighted by molar-refractivity contribution is 0.0697. The first kappa shape index (κ1) is 17.8. The van der Waals surface area contributed by atoms with E-state index >= 15 is 0 Å². The predicted octanol–water partition coefficient (Wildman–Crippen LogP) is 2.76. The summed E-state index contributed by atoms with van der Waals surface area (Å²) in [7, 11) is 3.42. The molecule has 3 rings (SSSR count). The number of hydrogen-bond donors (Lipinski definition) is 2. The highest BCUT2D eigenvalue weighted by Gasteiger charge is 2.15. The smallest absolute Gasteiger partial charge is 0.335 e. The highest BCUT2D eigenvalue weighted by Crippen LogP contribution is 2.29. The van der Waals surface area contributed by atoms with Crippen LogP contribution in [0.2, 0.25) is 5.02 Å². The largest absolute Gasteiger partial charge is 0.478 e. The first-order valence-corrected chi connectivity index (χ1v) is 8.19. The van der Waals surface area contributed by atoms with Crippen LogP contribution in [0.1, 0.15) is 22.3 Å². The third-order valence-electron chi connectivity index (χ3n) is 3.98. The van der Waals surface area contributed by atoms with Gasteiger partial charge in [-0.1, -0.05) is 23.7 Å². The number of nitrogens with zero attached hydrogens (tertiary/aromatic N) is 3. The number of benzene rings is 1. The molecule has 0 atom stereocenters. The van der Waals surface area contributed by atoms with E-state index in [2.05, 4.69) is 10.4 Å². The molecule has 0 aliphatic carbocycles. The molecule has 1 aromatic carbocycles. The van der Waals surface area contributed by atoms with Gasteiger partial charge in [-0.25, -0.2) is 9.48 Å². The molecule has 0 radical (unpaired) electrons. The van der Waals surface area contributed by atoms with Crippen LogP contribution in [0.25, 0.3) is 5.57 Å². The lowest BCUT2D eigenvalue weighted by Crippen LogP contribution is -2.22. The Kier molecular flexibility index (Phi) is 4.81. The highest BCUT2D eigenvalue weighted by atomic mass is 35.5. The van der Waals surface area contributed by atoms with Crippen molar-refractivity contribution in [3.05, 3.63) is 75.1 Å². The number of carboxylic acid groups (broad SMARTS) is 1. The van der Waals surface area contributed by atoms with Gasteiger partial charge in [0.25, 0.3) is 5.56 Å². The molecule has 134 valence electrons. The zero-order valence-corrected chi connectivity index (χ0v) is 15.0. The van der Waals surface area contributed by atoms with E-state index in [9.17, 15) is 9.59 Å². The van der Waals surface area contributed by atoms with Crippen molar-refractivity contribution < 1.29 is 9.90 Å². The number of allylic oxidation sites excluding steroid dienone is 1. The highest BCUT2D eigenvalue weighted by molar-refractivity contribution is 6.33. The third kappa shape index (κ3) is 3.62. The van der Waals surface area contributed by atoms with E-state index < -0.39 is 5.97 Å². The van der Waals surface area contributed by atoms with Crippen molar-refractivity contribution in [1.82, 2.24) is 14.7 Å². The minimum atomic E-state index is -0.957. The summed E-state index contributed by atoms with van der Waals surface area (Å²) < 4.78 is 1.17. The number of carboxylic acids is 1. The Morgan fingerprint density at radius 2 is 1.92 bits per heavy atom. The molecule has 2 aromatic rings. The Hall–Kier alpha value is -3.06. The molecule has 1 aliphatic heterocycles. The SMILES string of the molecule is CN1C=C(Nc2cnn(C)c(=O)c2Cl)CC(c2ccc(C(=O)O)cc2)=C1. The Labute approximate surface area is 154 Å². The van der Waals surface area contributed by atoms with Crippen LogP contribution >= 0.6 is 11.6 Å². The molecular formula is C18H17ClN4O3. The van der Waals surface area contributed by atoms with Gasteiger partial charge in [0.2, 0.25) is 0 Å². The van der Waals surface area contributed by atoms with Crippen LogP contribution in [0.4, 0.5) is 5.69 Å². The summed E-state index contributed by atoms with van der Waals surface area (Å²) in [6, 6.07) is 6.70. The maximum atomic E-state index is 11.9. The lowest BCUT2D eigenvalue weighted by atomic mass is 9.99. The first-order chi connectivity index (χ1) is 12.3. The van der Waals surface area contributed by atoms with Crippen LogP contribution in [-0.4, -0.2) is 32.8 Å². The predicted molar refractivity (Wildman–Crippen MR) is 100.0 cm³/mol. The summed E-state index contributed by atoms with van der Waals surface area (Å²) in [4.78, 5) is 24.8. The van der Waals surface area contributed by atoms with Crippen LogP contribution in [0.5, 0.6) is 0 Å². The number of rotatable bonds is 4. The number of carbonyl (C=O) groups is 1. The summed E-state index contributed by atoms with van der Waals surface area (Å²) in [6.45, 7) is 0. The maximum Gasteiger partial charge on any atom is 0.335 e. The van der Waals surface area contributed by atoms with Crippen molar-refractivity contribution in [1.29, 1.82) is 0 Å². The molecule has 2 heterocycles. The van der Waals surface area contributed by atoms with Crippen molar-refractivity contribution in [2.75, 3.05) is 12.4 Å². The van der Waals surface area contributed by atoms with E-state index in [1.807, 2.05) is 24.3 Å². The monoisotopic (exact) mass is 372 g/mol. The molecule has 0 fully saturated rings. The van der Waals surface area contributed by atoms with Gasteiger partial charge in [0.1, 0.15) is 5.02 Å². The van der Waals surface area contributed by atoms with Crippen LogP contribution in [0.15, 0.2) is 53.4 Å². The van der Waals surface area contributed by atoms with Crippen LogP contribution in [0, 0.1) is 0 Å². The normalized spacial score (nSPS) is 13.9. The van der Waals surface area contributed by atoms with Gasteiger partial charge in [-0.15, -0.1) is 0 Å². The van der Waals surface area contributed by atoms with E-state index in [0.717, 1.165) is 16.8 Å². The van der Waals surface area contributed by atoms with Crippen molar-refractivity contribution in [2.24, 2.45) is 7.05 Å². The second-order valence-electron chi connectivity index (χ2n) is 5.96. The molecular weight excluding hydrogens is 356 g/mol. The molecule has 8 heteroatoms. The Bertz CT molecular complexity index is 977. The van der Waals surface area contributed by atoms with Gasteiger partial charge >= 0.3 is 5.97 Å². The van der Waals surface area contributed by atoms with Crippen LogP contribution < -0.4 is 10.9 Å². The minimum absolute atomic E-state index is 0.0768. The molecule has 0 saturated carbocycles.